The molecule has 1 rings (SSSR count). The summed E-state index contributed by atoms with van der Waals surface area (Å²) in [5.74, 6) is -0.497. The Kier molecular flexibility index (Phi) is 5.34. The molecule has 0 aromatic heterocycles. The highest BCUT2D eigenvalue weighted by atomic mass is 79.9. The smallest absolute Gasteiger partial charge is 0.307 e. The summed E-state index contributed by atoms with van der Waals surface area (Å²) in [5.41, 5.74) is 0. The molecule has 1 atom stereocenters. The quantitative estimate of drug-likeness (QED) is 0.776. The number of carbonyl (C=O) groups excluding carboxylic acids is 1. The first-order valence-corrected chi connectivity index (χ1v) is 7.87. The van der Waals surface area contributed by atoms with Crippen LogP contribution in [0.25, 0.3) is 0 Å². The van der Waals surface area contributed by atoms with Crippen molar-refractivity contribution in [2.24, 2.45) is 0 Å². The average molecular weight is 335 g/mol. The van der Waals surface area contributed by atoms with E-state index in [4.69, 9.17) is 4.74 Å². The van der Waals surface area contributed by atoms with Crippen molar-refractivity contribution >= 4 is 31.7 Å². The molecule has 0 bridgehead atoms. The zero-order valence-electron chi connectivity index (χ0n) is 10.2. The van der Waals surface area contributed by atoms with Gasteiger partial charge in [-0.05, 0) is 32.0 Å². The summed E-state index contributed by atoms with van der Waals surface area (Å²) >= 11 is 3.22. The minimum Gasteiger partial charge on any atom is -0.466 e. The topological polar surface area (TPSA) is 60.4 Å². The van der Waals surface area contributed by atoms with E-state index >= 15 is 0 Å². The van der Waals surface area contributed by atoms with Gasteiger partial charge in [0, 0.05) is 4.47 Å². The van der Waals surface area contributed by atoms with Crippen LogP contribution in [0.2, 0.25) is 0 Å². The van der Waals surface area contributed by atoms with E-state index in [1.165, 1.54) is 19.1 Å². The van der Waals surface area contributed by atoms with Crippen molar-refractivity contribution in [1.29, 1.82) is 0 Å². The van der Waals surface area contributed by atoms with Gasteiger partial charge in [0.2, 0.25) is 0 Å². The number of ether oxygens (including phenoxy) is 1. The Hall–Kier alpha value is -0.880. The van der Waals surface area contributed by atoms with Crippen LogP contribution in [0.4, 0.5) is 0 Å². The molecular formula is C12H15BrO4S. The van der Waals surface area contributed by atoms with Crippen LogP contribution in [-0.2, 0) is 19.4 Å². The first-order chi connectivity index (χ1) is 8.37. The molecule has 0 amide bonds. The predicted octanol–water partition coefficient (Wildman–Crippen LogP) is 2.56. The number of carbonyl (C=O) groups is 1. The van der Waals surface area contributed by atoms with E-state index in [2.05, 4.69) is 15.9 Å². The van der Waals surface area contributed by atoms with Crippen LogP contribution < -0.4 is 0 Å². The van der Waals surface area contributed by atoms with Gasteiger partial charge in [0.25, 0.3) is 0 Å². The van der Waals surface area contributed by atoms with Gasteiger partial charge in [-0.25, -0.2) is 8.42 Å². The standard InChI is InChI=1S/C12H15BrO4S/c1-3-17-12(14)7-9(2)18(15,16)11-6-4-5-10(13)8-11/h4-6,8-9H,3,7H2,1-2H3. The SMILES string of the molecule is CCOC(=O)CC(C)S(=O)(=O)c1cccc(Br)c1. The van der Waals surface area contributed by atoms with Gasteiger partial charge in [-0.2, -0.15) is 0 Å². The van der Waals surface area contributed by atoms with E-state index in [1.807, 2.05) is 0 Å². The summed E-state index contributed by atoms with van der Waals surface area (Å²) in [6.45, 7) is 3.45. The minimum atomic E-state index is -3.51. The average Bonchev–Trinajstić information content (AvgIpc) is 2.29. The van der Waals surface area contributed by atoms with Gasteiger partial charge in [0.15, 0.2) is 9.84 Å². The number of hydrogen-bond donors (Lipinski definition) is 0. The number of hydrogen-bond acceptors (Lipinski definition) is 4. The predicted molar refractivity (Wildman–Crippen MR) is 72.0 cm³/mol. The van der Waals surface area contributed by atoms with Crippen molar-refractivity contribution in [1.82, 2.24) is 0 Å². The fourth-order valence-corrected chi connectivity index (χ4v) is 3.37. The normalized spacial score (nSPS) is 13.1. The lowest BCUT2D eigenvalue weighted by Crippen LogP contribution is -2.22. The van der Waals surface area contributed by atoms with Crippen LogP contribution in [0.3, 0.4) is 0 Å². The molecule has 0 fully saturated rings. The van der Waals surface area contributed by atoms with Gasteiger partial charge in [-0.3, -0.25) is 4.79 Å². The molecule has 18 heavy (non-hydrogen) atoms. The third kappa shape index (κ3) is 3.81. The second-order valence-corrected chi connectivity index (χ2v) is 7.10. The molecule has 1 aromatic rings. The van der Waals surface area contributed by atoms with Crippen molar-refractivity contribution in [3.63, 3.8) is 0 Å². The maximum absolute atomic E-state index is 12.2. The van der Waals surface area contributed by atoms with Crippen LogP contribution in [0, 0.1) is 0 Å². The van der Waals surface area contributed by atoms with Gasteiger partial charge in [-0.15, -0.1) is 0 Å². The number of benzene rings is 1. The van der Waals surface area contributed by atoms with Crippen LogP contribution >= 0.6 is 15.9 Å². The van der Waals surface area contributed by atoms with Crippen LogP contribution in [0.1, 0.15) is 20.3 Å². The molecule has 0 aliphatic heterocycles. The lowest BCUT2D eigenvalue weighted by molar-refractivity contribution is -0.143. The first-order valence-electron chi connectivity index (χ1n) is 5.53. The largest absolute Gasteiger partial charge is 0.466 e. The van der Waals surface area contributed by atoms with Crippen molar-refractivity contribution in [2.75, 3.05) is 6.61 Å². The lowest BCUT2D eigenvalue weighted by Gasteiger charge is -2.12. The number of halogens is 1. The maximum atomic E-state index is 12.2. The molecule has 0 saturated heterocycles. The van der Waals surface area contributed by atoms with Gasteiger partial charge < -0.3 is 4.74 Å². The van der Waals surface area contributed by atoms with Crippen LogP contribution in [0.15, 0.2) is 33.6 Å². The Balaban J connectivity index is 2.90. The molecule has 0 saturated carbocycles. The maximum Gasteiger partial charge on any atom is 0.307 e. The zero-order valence-corrected chi connectivity index (χ0v) is 12.6. The Morgan fingerprint density at radius 1 is 1.44 bits per heavy atom. The summed E-state index contributed by atoms with van der Waals surface area (Å²) in [4.78, 5) is 11.5. The molecule has 0 N–H and O–H groups in total. The summed E-state index contributed by atoms with van der Waals surface area (Å²) in [5, 5.41) is -0.800. The number of esters is 1. The third-order valence-corrected chi connectivity index (χ3v) is 5.04. The highest BCUT2D eigenvalue weighted by Crippen LogP contribution is 2.21. The van der Waals surface area contributed by atoms with E-state index < -0.39 is 21.1 Å². The fourth-order valence-electron chi connectivity index (χ4n) is 1.44. The zero-order chi connectivity index (χ0) is 13.8. The second-order valence-electron chi connectivity index (χ2n) is 3.82. The molecule has 4 nitrogen and oxygen atoms in total. The Morgan fingerprint density at radius 2 is 2.11 bits per heavy atom. The fraction of sp³-hybridized carbons (Fsp3) is 0.417. The van der Waals surface area contributed by atoms with Crippen molar-refractivity contribution in [3.8, 4) is 0 Å². The summed E-state index contributed by atoms with van der Waals surface area (Å²) in [6, 6.07) is 6.43. The monoisotopic (exact) mass is 334 g/mol. The molecule has 0 heterocycles. The van der Waals surface area contributed by atoms with E-state index in [0.717, 1.165) is 0 Å². The van der Waals surface area contributed by atoms with Crippen molar-refractivity contribution < 1.29 is 17.9 Å². The van der Waals surface area contributed by atoms with Crippen LogP contribution in [-0.4, -0.2) is 26.2 Å². The molecule has 100 valence electrons. The Morgan fingerprint density at radius 3 is 2.67 bits per heavy atom. The van der Waals surface area contributed by atoms with E-state index in [-0.39, 0.29) is 17.9 Å². The Labute approximate surface area is 115 Å². The van der Waals surface area contributed by atoms with Crippen molar-refractivity contribution in [3.05, 3.63) is 28.7 Å². The number of rotatable bonds is 5. The van der Waals surface area contributed by atoms with E-state index in [9.17, 15) is 13.2 Å². The molecule has 0 aliphatic rings. The second kappa shape index (κ2) is 6.33. The van der Waals surface area contributed by atoms with Gasteiger partial charge in [0.05, 0.1) is 23.2 Å². The molecule has 0 aliphatic carbocycles. The summed E-state index contributed by atoms with van der Waals surface area (Å²) < 4.78 is 29.8. The van der Waals surface area contributed by atoms with Crippen molar-refractivity contribution in [2.45, 2.75) is 30.4 Å². The minimum absolute atomic E-state index is 0.136. The van der Waals surface area contributed by atoms with Gasteiger partial charge in [-0.1, -0.05) is 22.0 Å². The molecular weight excluding hydrogens is 320 g/mol. The Bertz CT molecular complexity index is 525. The molecule has 6 heteroatoms. The highest BCUT2D eigenvalue weighted by Gasteiger charge is 2.26. The lowest BCUT2D eigenvalue weighted by atomic mass is 10.3. The molecule has 0 radical (unpaired) electrons. The summed E-state index contributed by atoms with van der Waals surface area (Å²) in [7, 11) is -3.51. The summed E-state index contributed by atoms with van der Waals surface area (Å²) in [6.07, 6.45) is -0.136. The number of sulfone groups is 1. The van der Waals surface area contributed by atoms with Gasteiger partial charge >= 0.3 is 5.97 Å². The molecule has 0 spiro atoms. The van der Waals surface area contributed by atoms with E-state index in [1.54, 1.807) is 19.1 Å². The van der Waals surface area contributed by atoms with E-state index in [0.29, 0.717) is 4.47 Å². The van der Waals surface area contributed by atoms with Gasteiger partial charge in [0.1, 0.15) is 0 Å². The molecule has 1 unspecified atom stereocenters. The first kappa shape index (κ1) is 15.2. The third-order valence-electron chi connectivity index (χ3n) is 2.41. The highest BCUT2D eigenvalue weighted by molar-refractivity contribution is 9.10. The molecule has 1 aromatic carbocycles. The van der Waals surface area contributed by atoms with Crippen LogP contribution in [0.5, 0.6) is 0 Å².